The third kappa shape index (κ3) is 6.22. The molecule has 1 aliphatic rings. The maximum atomic E-state index is 11.5. The van der Waals surface area contributed by atoms with Crippen LogP contribution in [0.5, 0.6) is 0 Å². The van der Waals surface area contributed by atoms with E-state index in [0.717, 1.165) is 27.7 Å². The molecule has 0 amide bonds. The van der Waals surface area contributed by atoms with Gasteiger partial charge in [0.05, 0.1) is 0 Å². The lowest BCUT2D eigenvalue weighted by Crippen LogP contribution is -2.61. The molecule has 26 heavy (non-hydrogen) atoms. The molecule has 0 bridgehead atoms. The predicted molar refractivity (Wildman–Crippen MR) is 81.1 cm³/mol. The van der Waals surface area contributed by atoms with Crippen LogP contribution in [0.15, 0.2) is 5.11 Å². The van der Waals surface area contributed by atoms with Crippen molar-refractivity contribution in [3.05, 3.63) is 10.4 Å². The van der Waals surface area contributed by atoms with Crippen molar-refractivity contribution in [3.63, 3.8) is 0 Å². The Hall–Kier alpha value is -2.85. The summed E-state index contributed by atoms with van der Waals surface area (Å²) in [6.45, 7) is 4.06. The van der Waals surface area contributed by atoms with Crippen LogP contribution in [0.25, 0.3) is 10.4 Å². The van der Waals surface area contributed by atoms with E-state index >= 15 is 0 Å². The zero-order valence-corrected chi connectivity index (χ0v) is 14.6. The minimum atomic E-state index is -1.44. The van der Waals surface area contributed by atoms with Crippen LogP contribution in [-0.4, -0.2) is 61.1 Å². The van der Waals surface area contributed by atoms with Crippen molar-refractivity contribution in [1.29, 1.82) is 0 Å². The molecule has 1 aliphatic heterocycles. The minimum absolute atomic E-state index is 0.383. The third-order valence-corrected chi connectivity index (χ3v) is 3.14. The van der Waals surface area contributed by atoms with Crippen LogP contribution in [-0.2, 0) is 42.9 Å². The fourth-order valence-corrected chi connectivity index (χ4v) is 2.33. The van der Waals surface area contributed by atoms with Crippen LogP contribution in [0.1, 0.15) is 27.7 Å². The van der Waals surface area contributed by atoms with Gasteiger partial charge in [0.25, 0.3) is 0 Å². The van der Waals surface area contributed by atoms with Gasteiger partial charge in [0.2, 0.25) is 6.29 Å². The van der Waals surface area contributed by atoms with E-state index in [4.69, 9.17) is 29.2 Å². The zero-order valence-electron chi connectivity index (χ0n) is 14.6. The molecule has 0 aromatic heterocycles. The molecule has 0 aromatic rings. The Bertz CT molecular complexity index is 617. The number of nitrogens with zero attached hydrogens (tertiary/aromatic N) is 3. The van der Waals surface area contributed by atoms with Gasteiger partial charge in [-0.25, -0.2) is 0 Å². The lowest BCUT2D eigenvalue weighted by Gasteiger charge is -2.42. The molecule has 0 unspecified atom stereocenters. The van der Waals surface area contributed by atoms with E-state index in [1.807, 2.05) is 0 Å². The highest BCUT2D eigenvalue weighted by Gasteiger charge is 2.51. The molecule has 0 spiro atoms. The SMILES string of the molecule is CC(=O)OC[C@@H]1O[C@H](OC(C)=O)[C@H](N=[N+]=[N-])[C@H](OC(C)=O)[C@@H]1OC(C)=O. The van der Waals surface area contributed by atoms with Crippen molar-refractivity contribution in [3.8, 4) is 0 Å². The summed E-state index contributed by atoms with van der Waals surface area (Å²) in [6.07, 6.45) is -5.18. The molecule has 0 saturated carbocycles. The van der Waals surface area contributed by atoms with Gasteiger partial charge in [-0.15, -0.1) is 0 Å². The number of esters is 4. The summed E-state index contributed by atoms with van der Waals surface area (Å²) < 4.78 is 25.5. The van der Waals surface area contributed by atoms with Crippen LogP contribution >= 0.6 is 0 Å². The number of ether oxygens (including phenoxy) is 5. The monoisotopic (exact) mass is 373 g/mol. The van der Waals surface area contributed by atoms with E-state index in [-0.39, 0.29) is 6.61 Å². The topological polar surface area (TPSA) is 163 Å². The van der Waals surface area contributed by atoms with Gasteiger partial charge in [-0.05, 0) is 5.53 Å². The van der Waals surface area contributed by atoms with E-state index in [0.29, 0.717) is 0 Å². The van der Waals surface area contributed by atoms with E-state index in [1.54, 1.807) is 0 Å². The average molecular weight is 373 g/mol. The predicted octanol–water partition coefficient (Wildman–Crippen LogP) is 0.380. The van der Waals surface area contributed by atoms with Gasteiger partial charge in [-0.2, -0.15) is 0 Å². The Balaban J connectivity index is 3.28. The fraction of sp³-hybridized carbons (Fsp3) is 0.714. The maximum absolute atomic E-state index is 11.5. The molecule has 1 saturated heterocycles. The van der Waals surface area contributed by atoms with Crippen LogP contribution in [0.2, 0.25) is 0 Å². The Kier molecular flexibility index (Phi) is 7.81. The molecule has 144 valence electrons. The molecule has 0 aromatic carbocycles. The van der Waals surface area contributed by atoms with Gasteiger partial charge in [0.1, 0.15) is 18.8 Å². The molecule has 1 rings (SSSR count). The lowest BCUT2D eigenvalue weighted by molar-refractivity contribution is -0.267. The second-order valence-electron chi connectivity index (χ2n) is 5.30. The highest BCUT2D eigenvalue weighted by Crippen LogP contribution is 2.29. The average Bonchev–Trinajstić information content (AvgIpc) is 2.49. The largest absolute Gasteiger partial charge is 0.463 e. The molecule has 0 aliphatic carbocycles. The molecule has 1 heterocycles. The van der Waals surface area contributed by atoms with Crippen LogP contribution in [0, 0.1) is 0 Å². The van der Waals surface area contributed by atoms with Gasteiger partial charge in [-0.1, -0.05) is 5.11 Å². The van der Waals surface area contributed by atoms with Crippen molar-refractivity contribution >= 4 is 23.9 Å². The highest BCUT2D eigenvalue weighted by molar-refractivity contribution is 5.68. The quantitative estimate of drug-likeness (QED) is 0.210. The second-order valence-corrected chi connectivity index (χ2v) is 5.30. The van der Waals surface area contributed by atoms with Crippen molar-refractivity contribution in [2.75, 3.05) is 6.61 Å². The molecule has 0 N–H and O–H groups in total. The Labute approximate surface area is 148 Å². The van der Waals surface area contributed by atoms with Gasteiger partial charge in [0.15, 0.2) is 12.2 Å². The zero-order chi connectivity index (χ0) is 19.9. The second kappa shape index (κ2) is 9.59. The molecule has 0 radical (unpaired) electrons. The number of azide groups is 1. The maximum Gasteiger partial charge on any atom is 0.304 e. The third-order valence-electron chi connectivity index (χ3n) is 3.14. The van der Waals surface area contributed by atoms with Gasteiger partial charge in [-0.3, -0.25) is 19.2 Å². The summed E-state index contributed by atoms with van der Waals surface area (Å²) in [5.41, 5.74) is 8.78. The fourth-order valence-electron chi connectivity index (χ4n) is 2.33. The molecular formula is C14H19N3O9. The molecule has 12 heteroatoms. The van der Waals surface area contributed by atoms with E-state index < -0.39 is 54.5 Å². The molecular weight excluding hydrogens is 354 g/mol. The highest BCUT2D eigenvalue weighted by atomic mass is 16.7. The molecule has 12 nitrogen and oxygen atoms in total. The Morgan fingerprint density at radius 3 is 1.92 bits per heavy atom. The Morgan fingerprint density at radius 1 is 0.923 bits per heavy atom. The number of carbonyl (C=O) groups excluding carboxylic acids is 4. The minimum Gasteiger partial charge on any atom is -0.463 e. The van der Waals surface area contributed by atoms with Gasteiger partial charge < -0.3 is 23.7 Å². The summed E-state index contributed by atoms with van der Waals surface area (Å²) in [4.78, 5) is 47.9. The standard InChI is InChI=1S/C14H19N3O9/c1-6(18)22-5-10-12(23-7(2)19)13(24-8(3)20)11(16-17-15)14(26-10)25-9(4)21/h10-14H,5H2,1-4H3/t10-,11+,12+,13-,14-/m0/s1. The number of hydrogen-bond donors (Lipinski definition) is 0. The first-order chi connectivity index (χ1) is 12.1. The van der Waals surface area contributed by atoms with Crippen LogP contribution in [0.4, 0.5) is 0 Å². The summed E-state index contributed by atoms with van der Waals surface area (Å²) in [5.74, 6) is -2.90. The van der Waals surface area contributed by atoms with Crippen molar-refractivity contribution in [2.24, 2.45) is 5.11 Å². The summed E-state index contributed by atoms with van der Waals surface area (Å²) in [5, 5.41) is 3.44. The van der Waals surface area contributed by atoms with Gasteiger partial charge >= 0.3 is 23.9 Å². The van der Waals surface area contributed by atoms with Crippen LogP contribution < -0.4 is 0 Å². The smallest absolute Gasteiger partial charge is 0.304 e. The van der Waals surface area contributed by atoms with Crippen molar-refractivity contribution < 1.29 is 42.9 Å². The lowest BCUT2D eigenvalue weighted by atomic mass is 9.97. The van der Waals surface area contributed by atoms with Crippen molar-refractivity contribution in [1.82, 2.24) is 0 Å². The van der Waals surface area contributed by atoms with E-state index in [2.05, 4.69) is 10.0 Å². The summed E-state index contributed by atoms with van der Waals surface area (Å²) in [7, 11) is 0. The number of carbonyl (C=O) groups is 4. The van der Waals surface area contributed by atoms with E-state index in [9.17, 15) is 19.2 Å². The molecule has 5 atom stereocenters. The van der Waals surface area contributed by atoms with Gasteiger partial charge in [0, 0.05) is 32.6 Å². The summed E-state index contributed by atoms with van der Waals surface area (Å²) >= 11 is 0. The Morgan fingerprint density at radius 2 is 1.46 bits per heavy atom. The van der Waals surface area contributed by atoms with Crippen molar-refractivity contribution in [2.45, 2.75) is 58.3 Å². The first kappa shape index (κ1) is 21.2. The first-order valence-electron chi connectivity index (χ1n) is 7.50. The number of hydrogen-bond acceptors (Lipinski definition) is 10. The van der Waals surface area contributed by atoms with Crippen LogP contribution in [0.3, 0.4) is 0 Å². The normalized spacial score (nSPS) is 27.5. The number of rotatable bonds is 6. The van der Waals surface area contributed by atoms with E-state index in [1.165, 1.54) is 0 Å². The first-order valence-corrected chi connectivity index (χ1v) is 7.50. The molecule has 1 fully saturated rings. The summed E-state index contributed by atoms with van der Waals surface area (Å²) in [6, 6.07) is -1.33.